The lowest BCUT2D eigenvalue weighted by Gasteiger charge is -2.39. The zero-order chi connectivity index (χ0) is 12.9. The lowest BCUT2D eigenvalue weighted by atomic mass is 10.4. The lowest BCUT2D eigenvalue weighted by molar-refractivity contribution is -0.865. The van der Waals surface area contributed by atoms with Crippen molar-refractivity contribution in [3.8, 4) is 0 Å². The highest BCUT2D eigenvalue weighted by Crippen LogP contribution is 2.26. The van der Waals surface area contributed by atoms with Gasteiger partial charge in [-0.3, -0.25) is 0 Å². The second kappa shape index (κ2) is 6.81. The molecule has 4 nitrogen and oxygen atoms in total. The molecule has 0 atom stereocenters. The molecule has 2 aliphatic rings. The molecule has 0 aliphatic carbocycles. The zero-order valence-electron chi connectivity index (χ0n) is 11.0. The van der Waals surface area contributed by atoms with Crippen LogP contribution in [0.5, 0.6) is 0 Å². The van der Waals surface area contributed by atoms with Crippen molar-refractivity contribution in [2.45, 2.75) is 25.7 Å². The Morgan fingerprint density at radius 1 is 0.667 bits per heavy atom. The van der Waals surface area contributed by atoms with Gasteiger partial charge in [0.2, 0.25) is 0 Å². The minimum absolute atomic E-state index is 0.0229. The van der Waals surface area contributed by atoms with E-state index >= 15 is 0 Å². The molecule has 0 spiro atoms. The summed E-state index contributed by atoms with van der Waals surface area (Å²) in [6.45, 7) is 4.74. The van der Waals surface area contributed by atoms with Crippen molar-refractivity contribution in [1.29, 1.82) is 0 Å². The number of quaternary nitrogens is 2. The Hall–Kier alpha value is 0.540. The third kappa shape index (κ3) is 4.58. The number of nitrogens with zero attached hydrogens (tertiary/aromatic N) is 2. The first-order valence-corrected chi connectivity index (χ1v) is 9.49. The van der Waals surface area contributed by atoms with Gasteiger partial charge in [-0.1, -0.05) is 21.6 Å². The molecular formula is C12H24N2O2S2. The van der Waals surface area contributed by atoms with Crippen molar-refractivity contribution < 1.29 is 9.29 Å². The number of hydrogen-bond donors (Lipinski definition) is 0. The second-order valence-electron chi connectivity index (χ2n) is 5.52. The topological polar surface area (TPSA) is 46.1 Å². The maximum absolute atomic E-state index is 12.1. The van der Waals surface area contributed by atoms with Gasteiger partial charge < -0.3 is 19.7 Å². The predicted molar refractivity (Wildman–Crippen MR) is 79.8 cm³/mol. The third-order valence-electron chi connectivity index (χ3n) is 4.01. The van der Waals surface area contributed by atoms with Gasteiger partial charge in [0.15, 0.2) is 0 Å². The van der Waals surface area contributed by atoms with Crippen LogP contribution in [0.3, 0.4) is 0 Å². The summed E-state index contributed by atoms with van der Waals surface area (Å²) in [5.74, 6) is 1.85. The fourth-order valence-corrected chi connectivity index (χ4v) is 5.00. The van der Waals surface area contributed by atoms with E-state index in [2.05, 4.69) is 0 Å². The lowest BCUT2D eigenvalue weighted by Crippen LogP contribution is -2.41. The molecule has 0 amide bonds. The minimum atomic E-state index is 0.0229. The van der Waals surface area contributed by atoms with Gasteiger partial charge in [0, 0.05) is 25.7 Å². The molecule has 0 aromatic heterocycles. The average molecular weight is 292 g/mol. The number of hydroxylamine groups is 6. The summed E-state index contributed by atoms with van der Waals surface area (Å²) in [4.78, 5) is 0. The summed E-state index contributed by atoms with van der Waals surface area (Å²) in [5, 5.41) is 24.1. The van der Waals surface area contributed by atoms with Crippen LogP contribution in [0.2, 0.25) is 0 Å². The van der Waals surface area contributed by atoms with E-state index < -0.39 is 0 Å². The molecule has 2 heterocycles. The van der Waals surface area contributed by atoms with E-state index in [1.54, 1.807) is 21.6 Å². The molecule has 6 heteroatoms. The summed E-state index contributed by atoms with van der Waals surface area (Å²) >= 11 is 0. The summed E-state index contributed by atoms with van der Waals surface area (Å²) < 4.78 is 0.0459. The minimum Gasteiger partial charge on any atom is -0.633 e. The average Bonchev–Trinajstić information content (AvgIpc) is 2.94. The summed E-state index contributed by atoms with van der Waals surface area (Å²) in [7, 11) is 3.55. The van der Waals surface area contributed by atoms with E-state index in [1.807, 2.05) is 0 Å². The molecule has 2 aliphatic heterocycles. The molecule has 0 unspecified atom stereocenters. The van der Waals surface area contributed by atoms with Crippen LogP contribution in [0.15, 0.2) is 0 Å². The maximum atomic E-state index is 12.1. The van der Waals surface area contributed by atoms with Gasteiger partial charge in [0.25, 0.3) is 0 Å². The second-order valence-corrected chi connectivity index (χ2v) is 8.22. The maximum Gasteiger partial charge on any atom is 0.0884 e. The molecule has 18 heavy (non-hydrogen) atoms. The number of rotatable bonds is 7. The van der Waals surface area contributed by atoms with Crippen LogP contribution in [0.25, 0.3) is 0 Å². The van der Waals surface area contributed by atoms with Crippen molar-refractivity contribution in [3.63, 3.8) is 0 Å². The van der Waals surface area contributed by atoms with Crippen molar-refractivity contribution in [3.05, 3.63) is 10.4 Å². The Morgan fingerprint density at radius 2 is 1.00 bits per heavy atom. The van der Waals surface area contributed by atoms with E-state index in [0.717, 1.165) is 76.5 Å². The van der Waals surface area contributed by atoms with Crippen LogP contribution in [-0.2, 0) is 0 Å². The van der Waals surface area contributed by atoms with Gasteiger partial charge in [-0.15, -0.1) is 0 Å². The Morgan fingerprint density at radius 3 is 1.33 bits per heavy atom. The van der Waals surface area contributed by atoms with Crippen molar-refractivity contribution >= 4 is 21.6 Å². The van der Waals surface area contributed by atoms with Crippen molar-refractivity contribution in [1.82, 2.24) is 0 Å². The Balaban J connectivity index is 1.48. The van der Waals surface area contributed by atoms with E-state index in [9.17, 15) is 10.4 Å². The molecule has 0 bridgehead atoms. The van der Waals surface area contributed by atoms with E-state index in [1.165, 1.54) is 0 Å². The van der Waals surface area contributed by atoms with Gasteiger partial charge in [-0.25, -0.2) is 0 Å². The predicted octanol–water partition coefficient (Wildman–Crippen LogP) is 2.58. The zero-order valence-corrected chi connectivity index (χ0v) is 12.6. The smallest absolute Gasteiger partial charge is 0.0884 e. The molecule has 0 saturated carbocycles. The van der Waals surface area contributed by atoms with Gasteiger partial charge in [0.05, 0.1) is 50.8 Å². The van der Waals surface area contributed by atoms with Crippen LogP contribution in [0, 0.1) is 10.4 Å². The molecule has 106 valence electrons. The fourth-order valence-electron chi connectivity index (χ4n) is 2.80. The molecule has 2 saturated heterocycles. The molecule has 0 aromatic carbocycles. The summed E-state index contributed by atoms with van der Waals surface area (Å²) in [5.41, 5.74) is 0. The first kappa shape index (κ1) is 14.9. The molecule has 2 rings (SSSR count). The highest BCUT2D eigenvalue weighted by molar-refractivity contribution is 8.76. The fraction of sp³-hybridized carbons (Fsp3) is 1.00. The van der Waals surface area contributed by atoms with E-state index in [4.69, 9.17) is 0 Å². The highest BCUT2D eigenvalue weighted by atomic mass is 33.1. The van der Waals surface area contributed by atoms with E-state index in [0.29, 0.717) is 0 Å². The quantitative estimate of drug-likeness (QED) is 0.313. The van der Waals surface area contributed by atoms with Gasteiger partial charge in [0.1, 0.15) is 0 Å². The Labute approximate surface area is 118 Å². The summed E-state index contributed by atoms with van der Waals surface area (Å²) in [6, 6.07) is 0. The van der Waals surface area contributed by atoms with E-state index in [-0.39, 0.29) is 9.29 Å². The van der Waals surface area contributed by atoms with Crippen molar-refractivity contribution in [2.75, 3.05) is 50.8 Å². The van der Waals surface area contributed by atoms with Crippen LogP contribution < -0.4 is 0 Å². The molecule has 0 aromatic rings. The Kier molecular flexibility index (Phi) is 5.65. The third-order valence-corrected chi connectivity index (χ3v) is 6.38. The number of likely N-dealkylation sites (tertiary alicyclic amines) is 2. The standard InChI is InChI=1S/C12H24N2O2S2/c15-13(5-1-2-6-13)9-11-17-18-12-10-14(16)7-3-4-8-14/h1-12H2. The first-order valence-electron chi connectivity index (χ1n) is 7.01. The Bertz CT molecular complexity index is 228. The van der Waals surface area contributed by atoms with Crippen LogP contribution in [-0.4, -0.2) is 60.1 Å². The monoisotopic (exact) mass is 292 g/mol. The molecule has 2 fully saturated rings. The molecule has 0 radical (unpaired) electrons. The highest BCUT2D eigenvalue weighted by Gasteiger charge is 2.23. The number of hydrogen-bond acceptors (Lipinski definition) is 4. The largest absolute Gasteiger partial charge is 0.633 e. The molecular weight excluding hydrogens is 268 g/mol. The summed E-state index contributed by atoms with van der Waals surface area (Å²) in [6.07, 6.45) is 4.38. The van der Waals surface area contributed by atoms with Gasteiger partial charge in [-0.05, 0) is 0 Å². The SMILES string of the molecule is [O-][N+]1(CCSSCC[N+]2([O-])CCCC2)CCCC1. The van der Waals surface area contributed by atoms with Crippen LogP contribution >= 0.6 is 21.6 Å². The molecule has 0 N–H and O–H groups in total. The van der Waals surface area contributed by atoms with Crippen LogP contribution in [0.1, 0.15) is 25.7 Å². The first-order chi connectivity index (χ1) is 8.62. The van der Waals surface area contributed by atoms with Gasteiger partial charge in [-0.2, -0.15) is 0 Å². The van der Waals surface area contributed by atoms with Crippen LogP contribution in [0.4, 0.5) is 0 Å². The van der Waals surface area contributed by atoms with Gasteiger partial charge >= 0.3 is 0 Å². The normalized spacial score (nSPS) is 25.7. The van der Waals surface area contributed by atoms with Crippen molar-refractivity contribution in [2.24, 2.45) is 0 Å².